The third kappa shape index (κ3) is 4.25. The van der Waals surface area contributed by atoms with Gasteiger partial charge in [0.1, 0.15) is 10.8 Å². The van der Waals surface area contributed by atoms with E-state index in [-0.39, 0.29) is 6.54 Å². The molecule has 1 atom stereocenters. The molecule has 8 heteroatoms. The first-order valence-corrected chi connectivity index (χ1v) is 7.28. The quantitative estimate of drug-likeness (QED) is 0.853. The van der Waals surface area contributed by atoms with Crippen LogP contribution in [-0.2, 0) is 6.54 Å². The molecule has 3 nitrogen and oxygen atoms in total. The maximum Gasteiger partial charge on any atom is 0.415 e. The molecule has 0 amide bonds. The largest absolute Gasteiger partial charge is 0.415 e. The number of alkyl halides is 3. The maximum atomic E-state index is 13.6. The van der Waals surface area contributed by atoms with Gasteiger partial charge in [-0.05, 0) is 19.2 Å². The minimum atomic E-state index is -4.64. The lowest BCUT2D eigenvalue weighted by Crippen LogP contribution is -2.39. The number of hydrogen-bond acceptors (Lipinski definition) is 4. The Balaban J connectivity index is 2.02. The zero-order chi connectivity index (χ0) is 16.3. The Morgan fingerprint density at radius 1 is 1.32 bits per heavy atom. The molecule has 2 aromatic rings. The number of thiazole rings is 1. The highest BCUT2D eigenvalue weighted by Crippen LogP contribution is 2.26. The van der Waals surface area contributed by atoms with Gasteiger partial charge in [0.2, 0.25) is 0 Å². The zero-order valence-electron chi connectivity index (χ0n) is 11.6. The number of hydrogen-bond donors (Lipinski definition) is 1. The highest BCUT2D eigenvalue weighted by molar-refractivity contribution is 7.13. The predicted molar refractivity (Wildman–Crippen MR) is 75.9 cm³/mol. The van der Waals surface area contributed by atoms with E-state index in [1.54, 1.807) is 23.6 Å². The molecule has 0 saturated heterocycles. The van der Waals surface area contributed by atoms with Crippen LogP contribution in [-0.4, -0.2) is 40.9 Å². The first-order chi connectivity index (χ1) is 10.3. The Bertz CT molecular complexity index is 629. The lowest BCUT2D eigenvalue weighted by Gasteiger charge is -2.21. The van der Waals surface area contributed by atoms with E-state index in [4.69, 9.17) is 5.11 Å². The standard InChI is InChI=1S/C14H14F4N2OS/c1-20(7-12(21)14(16,17)18)6-9-8-22-13(19-9)10-4-2-3-5-11(10)15/h2-5,8,12,21H,6-7H2,1H3. The number of likely N-dealkylation sites (N-methyl/N-ethyl adjacent to an activating group) is 1. The molecule has 1 unspecified atom stereocenters. The summed E-state index contributed by atoms with van der Waals surface area (Å²) in [5.41, 5.74) is 0.886. The fourth-order valence-corrected chi connectivity index (χ4v) is 2.72. The van der Waals surface area contributed by atoms with Crippen LogP contribution in [0, 0.1) is 5.82 Å². The van der Waals surface area contributed by atoms with E-state index in [9.17, 15) is 17.6 Å². The van der Waals surface area contributed by atoms with Crippen LogP contribution in [0.15, 0.2) is 29.6 Å². The van der Waals surface area contributed by atoms with E-state index >= 15 is 0 Å². The van der Waals surface area contributed by atoms with Gasteiger partial charge < -0.3 is 5.11 Å². The molecule has 1 aromatic carbocycles. The van der Waals surface area contributed by atoms with Crippen LogP contribution in [0.4, 0.5) is 17.6 Å². The number of rotatable bonds is 5. The second kappa shape index (κ2) is 6.72. The summed E-state index contributed by atoms with van der Waals surface area (Å²) in [4.78, 5) is 5.54. The van der Waals surface area contributed by atoms with E-state index in [0.717, 1.165) is 0 Å². The lowest BCUT2D eigenvalue weighted by atomic mass is 10.2. The van der Waals surface area contributed by atoms with Gasteiger partial charge in [-0.15, -0.1) is 11.3 Å². The van der Waals surface area contributed by atoms with Crippen LogP contribution in [0.3, 0.4) is 0 Å². The van der Waals surface area contributed by atoms with Crippen LogP contribution >= 0.6 is 11.3 Å². The first-order valence-electron chi connectivity index (χ1n) is 6.40. The van der Waals surface area contributed by atoms with Gasteiger partial charge in [0.15, 0.2) is 6.10 Å². The summed E-state index contributed by atoms with van der Waals surface area (Å²) in [5, 5.41) is 11.2. The molecule has 22 heavy (non-hydrogen) atoms. The zero-order valence-corrected chi connectivity index (χ0v) is 12.5. The van der Waals surface area contributed by atoms with E-state index in [0.29, 0.717) is 16.3 Å². The number of aromatic nitrogens is 1. The van der Waals surface area contributed by atoms with Crippen molar-refractivity contribution >= 4 is 11.3 Å². The molecular weight excluding hydrogens is 320 g/mol. The Hall–Kier alpha value is -1.51. The van der Waals surface area contributed by atoms with Gasteiger partial charge in [-0.1, -0.05) is 12.1 Å². The fourth-order valence-electron chi connectivity index (χ4n) is 1.88. The maximum absolute atomic E-state index is 13.6. The lowest BCUT2D eigenvalue weighted by molar-refractivity contribution is -0.207. The summed E-state index contributed by atoms with van der Waals surface area (Å²) >= 11 is 1.22. The normalized spacial score (nSPS) is 13.6. The molecule has 0 bridgehead atoms. The SMILES string of the molecule is CN(Cc1csc(-c2ccccc2F)n1)CC(O)C(F)(F)F. The molecule has 1 aromatic heterocycles. The summed E-state index contributed by atoms with van der Waals surface area (Å²) in [7, 11) is 1.46. The van der Waals surface area contributed by atoms with Crippen molar-refractivity contribution in [2.45, 2.75) is 18.8 Å². The molecule has 0 saturated carbocycles. The van der Waals surface area contributed by atoms with Gasteiger partial charge in [-0.3, -0.25) is 4.90 Å². The molecule has 1 heterocycles. The first kappa shape index (κ1) is 16.9. The van der Waals surface area contributed by atoms with Crippen molar-refractivity contribution < 1.29 is 22.7 Å². The van der Waals surface area contributed by atoms with Crippen LogP contribution < -0.4 is 0 Å². The van der Waals surface area contributed by atoms with E-state index < -0.39 is 24.6 Å². The highest BCUT2D eigenvalue weighted by atomic mass is 32.1. The monoisotopic (exact) mass is 334 g/mol. The molecular formula is C14H14F4N2OS. The van der Waals surface area contributed by atoms with Crippen molar-refractivity contribution in [2.24, 2.45) is 0 Å². The molecule has 0 fully saturated rings. The van der Waals surface area contributed by atoms with Gasteiger partial charge in [0.25, 0.3) is 0 Å². The molecule has 0 aliphatic rings. The average molecular weight is 334 g/mol. The summed E-state index contributed by atoms with van der Waals surface area (Å²) in [5.74, 6) is -0.399. The van der Waals surface area contributed by atoms with Crippen molar-refractivity contribution in [3.8, 4) is 10.6 Å². The molecule has 0 spiro atoms. The minimum absolute atomic E-state index is 0.137. The summed E-state index contributed by atoms with van der Waals surface area (Å²) in [6.45, 7) is -0.409. The average Bonchev–Trinajstić information content (AvgIpc) is 2.86. The summed E-state index contributed by atoms with van der Waals surface area (Å²) < 4.78 is 50.5. The number of benzene rings is 1. The number of nitrogens with zero attached hydrogens (tertiary/aromatic N) is 2. The second-order valence-corrected chi connectivity index (χ2v) is 5.74. The Kier molecular flexibility index (Phi) is 5.15. The molecule has 1 N–H and O–H groups in total. The van der Waals surface area contributed by atoms with Crippen molar-refractivity contribution in [3.63, 3.8) is 0 Å². The predicted octanol–water partition coefficient (Wildman–Crippen LogP) is 3.30. The summed E-state index contributed by atoms with van der Waals surface area (Å²) in [6.07, 6.45) is -7.04. The molecule has 0 aliphatic heterocycles. The van der Waals surface area contributed by atoms with Crippen molar-refractivity contribution in [3.05, 3.63) is 41.2 Å². The third-order valence-electron chi connectivity index (χ3n) is 2.95. The van der Waals surface area contributed by atoms with Gasteiger partial charge in [0.05, 0.1) is 5.69 Å². The number of aliphatic hydroxyl groups excluding tert-OH is 1. The van der Waals surface area contributed by atoms with Gasteiger partial charge in [-0.25, -0.2) is 9.37 Å². The van der Waals surface area contributed by atoms with E-state index in [1.807, 2.05) is 0 Å². The minimum Gasteiger partial charge on any atom is -0.382 e. The second-order valence-electron chi connectivity index (χ2n) is 4.88. The fraction of sp³-hybridized carbons (Fsp3) is 0.357. The van der Waals surface area contributed by atoms with Crippen LogP contribution in [0.25, 0.3) is 10.6 Å². The summed E-state index contributed by atoms with van der Waals surface area (Å²) in [6, 6.07) is 6.17. The Labute approximate surface area is 128 Å². The highest BCUT2D eigenvalue weighted by Gasteiger charge is 2.38. The smallest absolute Gasteiger partial charge is 0.382 e. The van der Waals surface area contributed by atoms with Crippen LogP contribution in [0.5, 0.6) is 0 Å². The molecule has 120 valence electrons. The van der Waals surface area contributed by atoms with Gasteiger partial charge >= 0.3 is 6.18 Å². The van der Waals surface area contributed by atoms with E-state index in [1.165, 1.54) is 29.4 Å². The van der Waals surface area contributed by atoms with E-state index in [2.05, 4.69) is 4.98 Å². The third-order valence-corrected chi connectivity index (χ3v) is 3.87. The molecule has 0 aliphatic carbocycles. The van der Waals surface area contributed by atoms with Gasteiger partial charge in [-0.2, -0.15) is 13.2 Å². The molecule has 2 rings (SSSR count). The van der Waals surface area contributed by atoms with Crippen molar-refractivity contribution in [1.29, 1.82) is 0 Å². The van der Waals surface area contributed by atoms with Crippen LogP contribution in [0.2, 0.25) is 0 Å². The molecule has 0 radical (unpaired) electrons. The van der Waals surface area contributed by atoms with Gasteiger partial charge in [0, 0.05) is 24.0 Å². The van der Waals surface area contributed by atoms with Crippen molar-refractivity contribution in [1.82, 2.24) is 9.88 Å². The van der Waals surface area contributed by atoms with Crippen LogP contribution in [0.1, 0.15) is 5.69 Å². The number of halogens is 4. The number of aliphatic hydroxyl groups is 1. The topological polar surface area (TPSA) is 36.4 Å². The Morgan fingerprint density at radius 3 is 2.64 bits per heavy atom. The van der Waals surface area contributed by atoms with Crippen molar-refractivity contribution in [2.75, 3.05) is 13.6 Å². The Morgan fingerprint density at radius 2 is 2.00 bits per heavy atom.